The molecule has 4 atom stereocenters. The molecule has 3 aliphatic carbocycles. The van der Waals surface area contributed by atoms with Gasteiger partial charge in [0.15, 0.2) is 23.4 Å². The van der Waals surface area contributed by atoms with E-state index in [2.05, 4.69) is 4.90 Å². The van der Waals surface area contributed by atoms with Gasteiger partial charge in [0.1, 0.15) is 5.82 Å². The topological polar surface area (TPSA) is 70.0 Å². The third-order valence-corrected chi connectivity index (χ3v) is 8.72. The molecule has 0 radical (unpaired) electrons. The van der Waals surface area contributed by atoms with Crippen molar-refractivity contribution in [2.45, 2.75) is 55.3 Å². The first kappa shape index (κ1) is 19.7. The number of aromatic hydroxyl groups is 1. The number of carbonyl (C=O) groups is 1. The number of ether oxygens (including phenoxy) is 1. The van der Waals surface area contributed by atoms with Gasteiger partial charge in [0, 0.05) is 30.1 Å². The molecule has 170 valence electrons. The number of rotatable bonds is 3. The van der Waals surface area contributed by atoms with Gasteiger partial charge in [-0.15, -0.1) is 0 Å². The molecule has 1 saturated heterocycles. The molecule has 2 N–H and O–H groups in total. The predicted molar refractivity (Wildman–Crippen MR) is 120 cm³/mol. The van der Waals surface area contributed by atoms with E-state index in [4.69, 9.17) is 4.74 Å². The van der Waals surface area contributed by atoms with Crippen LogP contribution >= 0.6 is 0 Å². The molecular weight excluding hydrogens is 421 g/mol. The highest BCUT2D eigenvalue weighted by Gasteiger charge is 2.74. The molecule has 5 aliphatic rings. The molecule has 0 amide bonds. The maximum atomic E-state index is 13.8. The van der Waals surface area contributed by atoms with Gasteiger partial charge in [-0.05, 0) is 73.5 Å². The second-order valence-electron chi connectivity index (χ2n) is 10.5. The molecule has 2 heterocycles. The third kappa shape index (κ3) is 2.51. The molecular formula is C27H26FNO4. The zero-order chi connectivity index (χ0) is 22.5. The summed E-state index contributed by atoms with van der Waals surface area (Å²) in [5.74, 6) is 0.504. The molecule has 1 spiro atoms. The summed E-state index contributed by atoms with van der Waals surface area (Å²) in [7, 11) is 0. The lowest BCUT2D eigenvalue weighted by Crippen LogP contribution is -2.77. The fourth-order valence-corrected chi connectivity index (χ4v) is 7.11. The molecule has 6 heteroatoms. The lowest BCUT2D eigenvalue weighted by molar-refractivity contribution is -0.179. The normalized spacial score (nSPS) is 35.5. The summed E-state index contributed by atoms with van der Waals surface area (Å²) in [6.45, 7) is 1.76. The summed E-state index contributed by atoms with van der Waals surface area (Å²) in [6, 6.07) is 9.57. The number of nitrogens with zero attached hydrogens (tertiary/aromatic N) is 1. The van der Waals surface area contributed by atoms with Gasteiger partial charge >= 0.3 is 0 Å². The van der Waals surface area contributed by atoms with E-state index in [-0.39, 0.29) is 29.8 Å². The van der Waals surface area contributed by atoms with Crippen LogP contribution in [0.4, 0.5) is 4.39 Å². The van der Waals surface area contributed by atoms with Crippen molar-refractivity contribution >= 4 is 11.9 Å². The van der Waals surface area contributed by atoms with Gasteiger partial charge in [-0.1, -0.05) is 18.2 Å². The van der Waals surface area contributed by atoms with Crippen molar-refractivity contribution in [3.63, 3.8) is 0 Å². The molecule has 2 aromatic carbocycles. The summed E-state index contributed by atoms with van der Waals surface area (Å²) in [5, 5.41) is 23.2. The minimum Gasteiger partial charge on any atom is -0.504 e. The van der Waals surface area contributed by atoms with Crippen LogP contribution in [-0.4, -0.2) is 51.7 Å². The average Bonchev–Trinajstić information content (AvgIpc) is 3.52. The zero-order valence-electron chi connectivity index (χ0n) is 18.3. The van der Waals surface area contributed by atoms with Crippen molar-refractivity contribution in [2.75, 3.05) is 13.1 Å². The van der Waals surface area contributed by atoms with Crippen LogP contribution < -0.4 is 4.74 Å². The fourth-order valence-electron chi connectivity index (χ4n) is 7.11. The Balaban J connectivity index is 1.41. The van der Waals surface area contributed by atoms with Gasteiger partial charge in [0.25, 0.3) is 0 Å². The van der Waals surface area contributed by atoms with Crippen LogP contribution in [0.3, 0.4) is 0 Å². The van der Waals surface area contributed by atoms with E-state index in [0.717, 1.165) is 24.2 Å². The van der Waals surface area contributed by atoms with E-state index in [1.807, 2.05) is 6.07 Å². The number of likely N-dealkylation sites (tertiary alicyclic amines) is 1. The number of halogens is 1. The standard InChI is InChI=1S/C27H26FNO4/c28-19-3-1-2-16(11-19)10-18-13-27(32)21-12-17-6-7-20(30)24-22(17)26(27,25(33-24)23(18)31)8-9-29(21)14-15-4-5-15/h1-3,6-7,10-11,15,21,25,30,32H,4-5,8-9,12-14H2/b18-10-/t21?,25-,26?,27+/m0/s1. The molecule has 0 aromatic heterocycles. The van der Waals surface area contributed by atoms with Gasteiger partial charge in [0.05, 0.1) is 11.0 Å². The first-order valence-electron chi connectivity index (χ1n) is 11.9. The second-order valence-corrected chi connectivity index (χ2v) is 10.5. The maximum Gasteiger partial charge on any atom is 0.200 e. The fraction of sp³-hybridized carbons (Fsp3) is 0.444. The van der Waals surface area contributed by atoms with Crippen LogP contribution in [0.2, 0.25) is 0 Å². The Hall–Kier alpha value is -2.70. The third-order valence-electron chi connectivity index (χ3n) is 8.72. The summed E-state index contributed by atoms with van der Waals surface area (Å²) in [5.41, 5.74) is 0.867. The van der Waals surface area contributed by atoms with Crippen molar-refractivity contribution in [3.05, 3.63) is 64.5 Å². The van der Waals surface area contributed by atoms with Crippen molar-refractivity contribution < 1.29 is 24.1 Å². The van der Waals surface area contributed by atoms with Crippen LogP contribution in [0.1, 0.15) is 42.4 Å². The van der Waals surface area contributed by atoms with Gasteiger partial charge in [-0.25, -0.2) is 4.39 Å². The number of Topliss-reactive ketones (excluding diaryl/α,β-unsaturated/α-hetero) is 1. The Kier molecular flexibility index (Phi) is 3.86. The smallest absolute Gasteiger partial charge is 0.200 e. The number of piperidine rings is 1. The van der Waals surface area contributed by atoms with Crippen molar-refractivity contribution in [1.29, 1.82) is 0 Å². The van der Waals surface area contributed by atoms with Crippen LogP contribution in [0, 0.1) is 11.7 Å². The molecule has 5 nitrogen and oxygen atoms in total. The maximum absolute atomic E-state index is 13.8. The van der Waals surface area contributed by atoms with E-state index in [9.17, 15) is 19.4 Å². The second kappa shape index (κ2) is 6.45. The van der Waals surface area contributed by atoms with Crippen LogP contribution in [0.15, 0.2) is 42.0 Å². The minimum absolute atomic E-state index is 0.0159. The van der Waals surface area contributed by atoms with Crippen LogP contribution in [0.25, 0.3) is 6.08 Å². The van der Waals surface area contributed by atoms with Crippen molar-refractivity contribution in [2.24, 2.45) is 5.92 Å². The van der Waals surface area contributed by atoms with Gasteiger partial charge < -0.3 is 14.9 Å². The SMILES string of the molecule is O=C1/C(=C\c2cccc(F)c2)C[C@@]2(O)C3Cc4ccc(O)c5c4C2(CCN3CC2CC2)[C@H]1O5. The summed E-state index contributed by atoms with van der Waals surface area (Å²) >= 11 is 0. The highest BCUT2D eigenvalue weighted by atomic mass is 19.1. The molecule has 33 heavy (non-hydrogen) atoms. The molecule has 2 aliphatic heterocycles. The summed E-state index contributed by atoms with van der Waals surface area (Å²) in [4.78, 5) is 16.2. The van der Waals surface area contributed by atoms with Gasteiger partial charge in [-0.3, -0.25) is 9.69 Å². The Morgan fingerprint density at radius 3 is 2.88 bits per heavy atom. The van der Waals surface area contributed by atoms with Crippen LogP contribution in [-0.2, 0) is 16.6 Å². The van der Waals surface area contributed by atoms with E-state index < -0.39 is 17.1 Å². The predicted octanol–water partition coefficient (Wildman–Crippen LogP) is 3.36. The van der Waals surface area contributed by atoms with Crippen molar-refractivity contribution in [1.82, 2.24) is 4.90 Å². The number of hydrogen-bond donors (Lipinski definition) is 2. The number of phenols is 1. The molecule has 7 rings (SSSR count). The molecule has 2 saturated carbocycles. The highest BCUT2D eigenvalue weighted by molar-refractivity contribution is 6.06. The Morgan fingerprint density at radius 1 is 1.24 bits per heavy atom. The molecule has 2 bridgehead atoms. The number of hydrogen-bond acceptors (Lipinski definition) is 5. The first-order chi connectivity index (χ1) is 15.9. The summed E-state index contributed by atoms with van der Waals surface area (Å²) in [6.07, 6.45) is 4.74. The van der Waals surface area contributed by atoms with Crippen LogP contribution in [0.5, 0.6) is 11.5 Å². The molecule has 3 fully saturated rings. The monoisotopic (exact) mass is 447 g/mol. The van der Waals surface area contributed by atoms with Gasteiger partial charge in [0.2, 0.25) is 0 Å². The first-order valence-corrected chi connectivity index (χ1v) is 11.9. The lowest BCUT2D eigenvalue weighted by atomic mass is 9.48. The van der Waals surface area contributed by atoms with E-state index in [0.29, 0.717) is 35.6 Å². The Labute approximate surface area is 191 Å². The number of ketones is 1. The molecule has 2 aromatic rings. The minimum atomic E-state index is -1.20. The van der Waals surface area contributed by atoms with Crippen molar-refractivity contribution in [3.8, 4) is 11.5 Å². The summed E-state index contributed by atoms with van der Waals surface area (Å²) < 4.78 is 20.0. The zero-order valence-corrected chi connectivity index (χ0v) is 18.3. The number of aliphatic hydroxyl groups is 1. The van der Waals surface area contributed by atoms with Gasteiger partial charge in [-0.2, -0.15) is 0 Å². The average molecular weight is 448 g/mol. The van der Waals surface area contributed by atoms with E-state index >= 15 is 0 Å². The Bertz CT molecular complexity index is 1240. The molecule has 2 unspecified atom stereocenters. The largest absolute Gasteiger partial charge is 0.504 e. The lowest BCUT2D eigenvalue weighted by Gasteiger charge is -2.62. The number of benzene rings is 2. The quantitative estimate of drug-likeness (QED) is 0.707. The van der Waals surface area contributed by atoms with E-state index in [1.54, 1.807) is 24.3 Å². The number of carbonyl (C=O) groups excluding carboxylic acids is 1. The van der Waals surface area contributed by atoms with E-state index in [1.165, 1.54) is 25.0 Å². The highest BCUT2D eigenvalue weighted by Crippen LogP contribution is 2.65. The number of phenolic OH excluding ortho intramolecular Hbond substituents is 1. The Morgan fingerprint density at radius 2 is 2.09 bits per heavy atom.